The summed E-state index contributed by atoms with van der Waals surface area (Å²) < 4.78 is 36.0. The summed E-state index contributed by atoms with van der Waals surface area (Å²) in [6, 6.07) is 11.1. The Morgan fingerprint density at radius 1 is 1.12 bits per heavy atom. The van der Waals surface area contributed by atoms with Gasteiger partial charge in [0, 0.05) is 17.6 Å². The van der Waals surface area contributed by atoms with E-state index in [1.54, 1.807) is 24.3 Å². The van der Waals surface area contributed by atoms with Gasteiger partial charge in [-0.15, -0.1) is 0 Å². The van der Waals surface area contributed by atoms with Gasteiger partial charge in [-0.05, 0) is 29.8 Å². The van der Waals surface area contributed by atoms with Gasteiger partial charge in [0.15, 0.2) is 21.6 Å². The molecular formula is C21H20ClN3O6S2. The van der Waals surface area contributed by atoms with Gasteiger partial charge in [-0.25, -0.2) is 13.4 Å². The molecule has 0 unspecified atom stereocenters. The second kappa shape index (κ2) is 10.7. The maximum absolute atomic E-state index is 12.9. The molecule has 0 aliphatic heterocycles. The Morgan fingerprint density at radius 2 is 1.82 bits per heavy atom. The van der Waals surface area contributed by atoms with E-state index < -0.39 is 20.3 Å². The van der Waals surface area contributed by atoms with Gasteiger partial charge in [-0.1, -0.05) is 35.5 Å². The number of carbonyl (C=O) groups excluding carboxylic acids is 1. The van der Waals surface area contributed by atoms with Crippen LogP contribution in [-0.4, -0.2) is 44.3 Å². The summed E-state index contributed by atoms with van der Waals surface area (Å²) in [6.07, 6.45) is 0.971. The molecule has 174 valence electrons. The van der Waals surface area contributed by atoms with E-state index >= 15 is 0 Å². The van der Waals surface area contributed by atoms with Crippen LogP contribution in [0.4, 0.5) is 0 Å². The first kappa shape index (κ1) is 24.6. The van der Waals surface area contributed by atoms with Crippen LogP contribution in [0.1, 0.15) is 5.56 Å². The van der Waals surface area contributed by atoms with Crippen molar-refractivity contribution in [3.05, 3.63) is 69.6 Å². The average Bonchev–Trinajstić information content (AvgIpc) is 2.81. The number of ether oxygens (including phenoxy) is 2. The van der Waals surface area contributed by atoms with E-state index in [9.17, 15) is 18.0 Å². The number of benzene rings is 2. The number of H-pyrrole nitrogens is 1. The van der Waals surface area contributed by atoms with Gasteiger partial charge in [0.1, 0.15) is 0 Å². The topological polar surface area (TPSA) is 127 Å². The maximum Gasteiger partial charge on any atom is 0.270 e. The number of aromatic nitrogens is 2. The molecule has 0 aliphatic rings. The molecule has 0 saturated heterocycles. The number of sulfone groups is 1. The lowest BCUT2D eigenvalue weighted by atomic mass is 10.2. The molecule has 33 heavy (non-hydrogen) atoms. The molecule has 1 heterocycles. The van der Waals surface area contributed by atoms with Gasteiger partial charge < -0.3 is 19.8 Å². The molecule has 3 rings (SSSR count). The zero-order valence-corrected chi connectivity index (χ0v) is 20.0. The number of methoxy groups -OCH3 is 2. The fourth-order valence-corrected chi connectivity index (χ4v) is 4.77. The molecule has 0 fully saturated rings. The molecule has 0 aliphatic carbocycles. The fraction of sp³-hybridized carbons (Fsp3) is 0.190. The predicted octanol–water partition coefficient (Wildman–Crippen LogP) is 2.68. The predicted molar refractivity (Wildman–Crippen MR) is 124 cm³/mol. The number of thioether (sulfide) groups is 1. The van der Waals surface area contributed by atoms with Crippen molar-refractivity contribution < 1.29 is 22.7 Å². The number of halogens is 1. The summed E-state index contributed by atoms with van der Waals surface area (Å²) in [7, 11) is -1.36. The Morgan fingerprint density at radius 3 is 2.45 bits per heavy atom. The van der Waals surface area contributed by atoms with Crippen LogP contribution in [0.3, 0.4) is 0 Å². The molecule has 9 nitrogen and oxygen atoms in total. The lowest BCUT2D eigenvalue weighted by Gasteiger charge is -2.10. The Bertz CT molecular complexity index is 1310. The molecule has 0 radical (unpaired) electrons. The molecular weight excluding hydrogens is 490 g/mol. The standard InChI is InChI=1S/C21H20ClN3O6S2/c1-30-16-8-7-15(9-17(16)31-2)33(28,29)18-11-24-21(25-20(18)27)32-12-19(26)23-10-13-3-5-14(22)6-4-13/h3-9,11H,10,12H2,1-2H3,(H,23,26)(H,24,25,27). The largest absolute Gasteiger partial charge is 0.493 e. The Kier molecular flexibility index (Phi) is 8.01. The highest BCUT2D eigenvalue weighted by atomic mass is 35.5. The maximum atomic E-state index is 12.9. The molecule has 0 bridgehead atoms. The third-order valence-electron chi connectivity index (χ3n) is 4.44. The first-order valence-corrected chi connectivity index (χ1v) is 12.3. The van der Waals surface area contributed by atoms with E-state index in [1.165, 1.54) is 32.4 Å². The number of aromatic amines is 1. The molecule has 2 aromatic carbocycles. The number of carbonyl (C=O) groups is 1. The summed E-state index contributed by atoms with van der Waals surface area (Å²) in [5.74, 6) is 0.266. The number of hydrogen-bond donors (Lipinski definition) is 2. The summed E-state index contributed by atoms with van der Waals surface area (Å²) in [5, 5.41) is 3.46. The minimum Gasteiger partial charge on any atom is -0.493 e. The van der Waals surface area contributed by atoms with Crippen molar-refractivity contribution in [1.29, 1.82) is 0 Å². The molecule has 12 heteroatoms. The van der Waals surface area contributed by atoms with E-state index in [0.717, 1.165) is 23.5 Å². The van der Waals surface area contributed by atoms with E-state index in [2.05, 4.69) is 15.3 Å². The average molecular weight is 510 g/mol. The van der Waals surface area contributed by atoms with Crippen molar-refractivity contribution in [3.63, 3.8) is 0 Å². The number of nitrogens with one attached hydrogen (secondary N) is 2. The van der Waals surface area contributed by atoms with Gasteiger partial charge in [0.25, 0.3) is 5.56 Å². The van der Waals surface area contributed by atoms with Crippen molar-refractivity contribution in [2.24, 2.45) is 0 Å². The first-order chi connectivity index (χ1) is 15.7. The fourth-order valence-electron chi connectivity index (χ4n) is 2.73. The highest BCUT2D eigenvalue weighted by molar-refractivity contribution is 7.99. The van der Waals surface area contributed by atoms with Gasteiger partial charge >= 0.3 is 0 Å². The van der Waals surface area contributed by atoms with Crippen molar-refractivity contribution in [2.75, 3.05) is 20.0 Å². The Balaban J connectivity index is 1.67. The number of nitrogens with zero attached hydrogens (tertiary/aromatic N) is 1. The third-order valence-corrected chi connectivity index (χ3v) is 7.32. The normalized spacial score (nSPS) is 11.1. The van der Waals surface area contributed by atoms with Crippen LogP contribution in [0.2, 0.25) is 5.02 Å². The van der Waals surface area contributed by atoms with E-state index in [0.29, 0.717) is 17.3 Å². The lowest BCUT2D eigenvalue weighted by molar-refractivity contribution is -0.118. The SMILES string of the molecule is COc1ccc(S(=O)(=O)c2cnc(SCC(=O)NCc3ccc(Cl)cc3)[nH]c2=O)cc1OC. The highest BCUT2D eigenvalue weighted by Crippen LogP contribution is 2.31. The molecule has 2 N–H and O–H groups in total. The molecule has 0 saturated carbocycles. The Labute approximate surface area is 199 Å². The number of hydrogen-bond acceptors (Lipinski definition) is 8. The van der Waals surface area contributed by atoms with Crippen LogP contribution < -0.4 is 20.3 Å². The van der Waals surface area contributed by atoms with Crippen LogP contribution in [-0.2, 0) is 21.2 Å². The number of rotatable bonds is 9. The van der Waals surface area contributed by atoms with E-state index in [1.807, 2.05) is 0 Å². The van der Waals surface area contributed by atoms with Crippen molar-refractivity contribution in [3.8, 4) is 11.5 Å². The summed E-state index contributed by atoms with van der Waals surface area (Å²) in [6.45, 7) is 0.322. The second-order valence-electron chi connectivity index (χ2n) is 6.59. The molecule has 0 atom stereocenters. The minimum atomic E-state index is -4.16. The molecule has 3 aromatic rings. The van der Waals surface area contributed by atoms with Crippen LogP contribution in [0.25, 0.3) is 0 Å². The Hall–Kier alpha value is -3.02. The molecule has 0 spiro atoms. The lowest BCUT2D eigenvalue weighted by Crippen LogP contribution is -2.25. The second-order valence-corrected chi connectivity index (χ2v) is 9.91. The van der Waals surface area contributed by atoms with Crippen LogP contribution in [0.5, 0.6) is 11.5 Å². The zero-order chi connectivity index (χ0) is 24.0. The van der Waals surface area contributed by atoms with Crippen LogP contribution in [0.15, 0.2) is 68.4 Å². The van der Waals surface area contributed by atoms with Crippen molar-refractivity contribution in [2.45, 2.75) is 21.5 Å². The first-order valence-electron chi connectivity index (χ1n) is 9.45. The van der Waals surface area contributed by atoms with E-state index in [-0.39, 0.29) is 27.5 Å². The summed E-state index contributed by atoms with van der Waals surface area (Å²) in [5.41, 5.74) is 0.0397. The van der Waals surface area contributed by atoms with Gasteiger partial charge in [-0.3, -0.25) is 9.59 Å². The number of amides is 1. The van der Waals surface area contributed by atoms with Crippen molar-refractivity contribution in [1.82, 2.24) is 15.3 Å². The van der Waals surface area contributed by atoms with Gasteiger partial charge in [-0.2, -0.15) is 0 Å². The summed E-state index contributed by atoms with van der Waals surface area (Å²) >= 11 is 6.80. The van der Waals surface area contributed by atoms with Crippen LogP contribution >= 0.6 is 23.4 Å². The quantitative estimate of drug-likeness (QED) is 0.333. The van der Waals surface area contributed by atoms with E-state index in [4.69, 9.17) is 21.1 Å². The monoisotopic (exact) mass is 509 g/mol. The minimum absolute atomic E-state index is 0.0156. The smallest absolute Gasteiger partial charge is 0.270 e. The summed E-state index contributed by atoms with van der Waals surface area (Å²) in [4.78, 5) is 30.3. The van der Waals surface area contributed by atoms with Gasteiger partial charge in [0.05, 0.1) is 31.1 Å². The third kappa shape index (κ3) is 6.06. The van der Waals surface area contributed by atoms with Gasteiger partial charge in [0.2, 0.25) is 15.7 Å². The van der Waals surface area contributed by atoms with Crippen molar-refractivity contribution >= 4 is 39.1 Å². The highest BCUT2D eigenvalue weighted by Gasteiger charge is 2.24. The zero-order valence-electron chi connectivity index (χ0n) is 17.6. The molecule has 1 aromatic heterocycles. The van der Waals surface area contributed by atoms with Crippen LogP contribution in [0, 0.1) is 0 Å². The molecule has 1 amide bonds.